The number of hydrogen-bond acceptors (Lipinski definition) is 3. The highest BCUT2D eigenvalue weighted by Gasteiger charge is 2.22. The first-order valence-corrected chi connectivity index (χ1v) is 5.90. The minimum atomic E-state index is -0.0343. The lowest BCUT2D eigenvalue weighted by Gasteiger charge is -2.21. The Bertz CT molecular complexity index is 502. The van der Waals surface area contributed by atoms with Crippen molar-refractivity contribution in [1.29, 1.82) is 0 Å². The van der Waals surface area contributed by atoms with Crippen LogP contribution in [0.5, 0.6) is 0 Å². The van der Waals surface area contributed by atoms with E-state index in [9.17, 15) is 9.59 Å². The summed E-state index contributed by atoms with van der Waals surface area (Å²) in [6.07, 6.45) is 2.24. The fourth-order valence-electron chi connectivity index (χ4n) is 2.44. The molecule has 1 aromatic rings. The Balaban J connectivity index is 2.55. The quantitative estimate of drug-likeness (QED) is 0.794. The van der Waals surface area contributed by atoms with Crippen LogP contribution in [0.15, 0.2) is 10.9 Å². The molecule has 0 N–H and O–H groups in total. The van der Waals surface area contributed by atoms with Crippen LogP contribution < -0.4 is 5.56 Å². The smallest absolute Gasteiger partial charge is 0.251 e. The zero-order chi connectivity index (χ0) is 12.4. The Morgan fingerprint density at radius 1 is 1.35 bits per heavy atom. The summed E-state index contributed by atoms with van der Waals surface area (Å²) < 4.78 is 6.69. The molecule has 4 nitrogen and oxygen atoms in total. The van der Waals surface area contributed by atoms with Crippen LogP contribution in [0.4, 0.5) is 0 Å². The number of carbonyl (C=O) groups is 1. The van der Waals surface area contributed by atoms with Gasteiger partial charge in [-0.3, -0.25) is 9.59 Å². The van der Waals surface area contributed by atoms with Crippen molar-refractivity contribution < 1.29 is 9.53 Å². The maximum absolute atomic E-state index is 11.9. The van der Waals surface area contributed by atoms with Gasteiger partial charge in [0.05, 0.1) is 6.61 Å². The van der Waals surface area contributed by atoms with Gasteiger partial charge in [-0.05, 0) is 25.3 Å². The summed E-state index contributed by atoms with van der Waals surface area (Å²) in [7, 11) is 1.61. The minimum Gasteiger partial charge on any atom is -0.383 e. The number of pyridine rings is 1. The third kappa shape index (κ3) is 2.17. The Kier molecular flexibility index (Phi) is 3.43. The third-order valence-electron chi connectivity index (χ3n) is 3.23. The maximum Gasteiger partial charge on any atom is 0.251 e. The Hall–Kier alpha value is -1.42. The van der Waals surface area contributed by atoms with Crippen molar-refractivity contribution in [2.24, 2.45) is 0 Å². The first-order valence-electron chi connectivity index (χ1n) is 5.90. The van der Waals surface area contributed by atoms with Gasteiger partial charge in [-0.25, -0.2) is 0 Å². The van der Waals surface area contributed by atoms with Crippen molar-refractivity contribution in [1.82, 2.24) is 4.57 Å². The molecule has 0 atom stereocenters. The minimum absolute atomic E-state index is 0.0343. The van der Waals surface area contributed by atoms with E-state index in [1.54, 1.807) is 17.7 Å². The molecule has 92 valence electrons. The molecule has 4 heteroatoms. The topological polar surface area (TPSA) is 48.3 Å². The number of aromatic nitrogens is 1. The second-order valence-electron chi connectivity index (χ2n) is 4.41. The molecule has 0 fully saturated rings. The average Bonchev–Trinajstić information content (AvgIpc) is 2.28. The summed E-state index contributed by atoms with van der Waals surface area (Å²) in [5.74, 6) is 0.162. The van der Waals surface area contributed by atoms with Crippen molar-refractivity contribution in [3.05, 3.63) is 33.2 Å². The second-order valence-corrected chi connectivity index (χ2v) is 4.41. The van der Waals surface area contributed by atoms with Crippen molar-refractivity contribution in [2.75, 3.05) is 13.7 Å². The van der Waals surface area contributed by atoms with Crippen molar-refractivity contribution in [3.63, 3.8) is 0 Å². The number of fused-ring (bicyclic) bond motifs is 1. The van der Waals surface area contributed by atoms with Gasteiger partial charge in [0.2, 0.25) is 0 Å². The van der Waals surface area contributed by atoms with Gasteiger partial charge >= 0.3 is 0 Å². The predicted octanol–water partition coefficient (Wildman–Crippen LogP) is 1.32. The highest BCUT2D eigenvalue weighted by Crippen LogP contribution is 2.22. The molecule has 0 saturated heterocycles. The Morgan fingerprint density at radius 2 is 2.12 bits per heavy atom. The lowest BCUT2D eigenvalue weighted by Crippen LogP contribution is -2.30. The molecular formula is C13H17NO3. The van der Waals surface area contributed by atoms with Crippen LogP contribution in [0, 0.1) is 6.92 Å². The van der Waals surface area contributed by atoms with Gasteiger partial charge in [0.25, 0.3) is 5.56 Å². The number of methoxy groups -OCH3 is 1. The highest BCUT2D eigenvalue weighted by atomic mass is 16.5. The van der Waals surface area contributed by atoms with E-state index in [4.69, 9.17) is 4.74 Å². The monoisotopic (exact) mass is 235 g/mol. The molecule has 1 aliphatic carbocycles. The SMILES string of the molecule is COCCn1c2c(c(C)cc1=O)C(=O)CCC2. The fourth-order valence-corrected chi connectivity index (χ4v) is 2.44. The van der Waals surface area contributed by atoms with Crippen LogP contribution in [0.1, 0.15) is 34.5 Å². The number of rotatable bonds is 3. The first-order chi connectivity index (χ1) is 8.15. The molecule has 0 amide bonds. The fraction of sp³-hybridized carbons (Fsp3) is 0.538. The number of carbonyl (C=O) groups excluding carboxylic acids is 1. The highest BCUT2D eigenvalue weighted by molar-refractivity contribution is 5.99. The molecule has 1 heterocycles. The van der Waals surface area contributed by atoms with Crippen molar-refractivity contribution in [3.8, 4) is 0 Å². The zero-order valence-corrected chi connectivity index (χ0v) is 10.3. The molecule has 0 saturated carbocycles. The van der Waals surface area contributed by atoms with E-state index < -0.39 is 0 Å². The van der Waals surface area contributed by atoms with Crippen LogP contribution in [-0.4, -0.2) is 24.1 Å². The summed E-state index contributed by atoms with van der Waals surface area (Å²) in [4.78, 5) is 23.8. The standard InChI is InChI=1S/C13H17NO3/c1-9-8-12(16)14(6-7-17-2)10-4-3-5-11(15)13(9)10/h8H,3-7H2,1-2H3. The zero-order valence-electron chi connectivity index (χ0n) is 10.3. The molecule has 1 aliphatic rings. The van der Waals surface area contributed by atoms with Crippen LogP contribution in [-0.2, 0) is 17.7 Å². The van der Waals surface area contributed by atoms with E-state index in [-0.39, 0.29) is 11.3 Å². The second kappa shape index (κ2) is 4.84. The van der Waals surface area contributed by atoms with E-state index in [0.29, 0.717) is 19.6 Å². The molecular weight excluding hydrogens is 218 g/mol. The van der Waals surface area contributed by atoms with Gasteiger partial charge < -0.3 is 9.30 Å². The van der Waals surface area contributed by atoms with E-state index in [1.165, 1.54) is 0 Å². The Labute approximate surface area is 100 Å². The van der Waals surface area contributed by atoms with Crippen LogP contribution >= 0.6 is 0 Å². The predicted molar refractivity (Wildman–Crippen MR) is 64.6 cm³/mol. The maximum atomic E-state index is 11.9. The molecule has 2 rings (SSSR count). The first kappa shape index (κ1) is 12.0. The lowest BCUT2D eigenvalue weighted by atomic mass is 9.91. The van der Waals surface area contributed by atoms with Gasteiger partial charge in [-0.1, -0.05) is 0 Å². The molecule has 17 heavy (non-hydrogen) atoms. The summed E-state index contributed by atoms with van der Waals surface area (Å²) in [6, 6.07) is 1.55. The summed E-state index contributed by atoms with van der Waals surface area (Å²) >= 11 is 0. The van der Waals surface area contributed by atoms with E-state index >= 15 is 0 Å². The molecule has 0 aliphatic heterocycles. The van der Waals surface area contributed by atoms with Gasteiger partial charge in [-0.2, -0.15) is 0 Å². The molecule has 0 radical (unpaired) electrons. The van der Waals surface area contributed by atoms with Crippen LogP contribution in [0.25, 0.3) is 0 Å². The van der Waals surface area contributed by atoms with Crippen molar-refractivity contribution >= 4 is 5.78 Å². The number of nitrogens with zero attached hydrogens (tertiary/aromatic N) is 1. The van der Waals surface area contributed by atoms with Crippen molar-refractivity contribution in [2.45, 2.75) is 32.7 Å². The van der Waals surface area contributed by atoms with Crippen LogP contribution in [0.2, 0.25) is 0 Å². The van der Waals surface area contributed by atoms with Gasteiger partial charge in [0.15, 0.2) is 5.78 Å². The summed E-state index contributed by atoms with van der Waals surface area (Å²) in [5, 5.41) is 0. The van der Waals surface area contributed by atoms with Gasteiger partial charge in [-0.15, -0.1) is 0 Å². The summed E-state index contributed by atoms with van der Waals surface area (Å²) in [5.41, 5.74) is 2.42. The third-order valence-corrected chi connectivity index (χ3v) is 3.23. The van der Waals surface area contributed by atoms with E-state index in [1.807, 2.05) is 6.92 Å². The number of Topliss-reactive ketones (excluding diaryl/α,β-unsaturated/α-hetero) is 1. The van der Waals surface area contributed by atoms with Gasteiger partial charge in [0, 0.05) is 37.4 Å². The number of ketones is 1. The molecule has 1 aromatic heterocycles. The average molecular weight is 235 g/mol. The molecule has 0 aromatic carbocycles. The Morgan fingerprint density at radius 3 is 2.82 bits per heavy atom. The molecule has 0 unspecified atom stereocenters. The van der Waals surface area contributed by atoms with E-state index in [0.717, 1.165) is 29.7 Å². The normalized spacial score (nSPS) is 14.8. The number of ether oxygens (including phenoxy) is 1. The summed E-state index contributed by atoms with van der Waals surface area (Å²) in [6.45, 7) is 2.85. The molecule has 0 bridgehead atoms. The van der Waals surface area contributed by atoms with Gasteiger partial charge in [0.1, 0.15) is 0 Å². The lowest BCUT2D eigenvalue weighted by molar-refractivity contribution is 0.0968. The number of aryl methyl sites for hydroxylation is 1. The largest absolute Gasteiger partial charge is 0.383 e. The number of hydrogen-bond donors (Lipinski definition) is 0. The van der Waals surface area contributed by atoms with E-state index in [2.05, 4.69) is 0 Å². The van der Waals surface area contributed by atoms with Crippen LogP contribution in [0.3, 0.4) is 0 Å². The molecule has 0 spiro atoms.